The molecular weight excluding hydrogens is 396 g/mol. The van der Waals surface area contributed by atoms with Gasteiger partial charge in [-0.2, -0.15) is 5.10 Å². The number of carbonyl (C=O) groups is 2. The number of nitrogens with zero attached hydrogens (tertiary/aromatic N) is 2. The van der Waals surface area contributed by atoms with E-state index >= 15 is 0 Å². The molecule has 0 aliphatic heterocycles. The first-order chi connectivity index (χ1) is 14.4. The molecule has 0 heterocycles. The molecule has 0 fully saturated rings. The molecular formula is C19H18N4O7. The average Bonchev–Trinajstić information content (AvgIpc) is 2.76. The van der Waals surface area contributed by atoms with Crippen molar-refractivity contribution in [2.75, 3.05) is 14.2 Å². The number of benzene rings is 2. The SMILES string of the molecule is COc1cc(/C=N/NC(=O)c2cccc(/C=C/C(=O)NO)c2)c([N+](=O)[O-])cc1OC. The Morgan fingerprint density at radius 1 is 1.17 bits per heavy atom. The molecule has 3 N–H and O–H groups in total. The van der Waals surface area contributed by atoms with Crippen molar-refractivity contribution in [3.05, 3.63) is 69.3 Å². The minimum absolute atomic E-state index is 0.102. The third-order valence-corrected chi connectivity index (χ3v) is 3.79. The zero-order valence-corrected chi connectivity index (χ0v) is 16.0. The van der Waals surface area contributed by atoms with Crippen molar-refractivity contribution in [3.8, 4) is 11.5 Å². The Morgan fingerprint density at radius 2 is 1.87 bits per heavy atom. The third kappa shape index (κ3) is 5.62. The normalized spacial score (nSPS) is 10.8. The van der Waals surface area contributed by atoms with Gasteiger partial charge in [-0.3, -0.25) is 24.9 Å². The number of methoxy groups -OCH3 is 2. The van der Waals surface area contributed by atoms with Crippen molar-refractivity contribution in [1.29, 1.82) is 0 Å². The van der Waals surface area contributed by atoms with Gasteiger partial charge >= 0.3 is 0 Å². The van der Waals surface area contributed by atoms with E-state index in [0.29, 0.717) is 5.56 Å². The van der Waals surface area contributed by atoms with E-state index in [-0.39, 0.29) is 28.3 Å². The first kappa shape index (κ1) is 22.0. The number of nitro benzene ring substituents is 1. The highest BCUT2D eigenvalue weighted by Gasteiger charge is 2.18. The summed E-state index contributed by atoms with van der Waals surface area (Å²) in [5, 5.41) is 23.5. The van der Waals surface area contributed by atoms with E-state index in [0.717, 1.165) is 12.3 Å². The molecule has 0 atom stereocenters. The molecule has 11 nitrogen and oxygen atoms in total. The monoisotopic (exact) mass is 414 g/mol. The number of hydroxylamine groups is 1. The van der Waals surface area contributed by atoms with Gasteiger partial charge in [0.2, 0.25) is 0 Å². The number of amides is 2. The lowest BCUT2D eigenvalue weighted by molar-refractivity contribution is -0.385. The van der Waals surface area contributed by atoms with Gasteiger partial charge in [-0.25, -0.2) is 10.9 Å². The summed E-state index contributed by atoms with van der Waals surface area (Å²) in [7, 11) is 2.74. The van der Waals surface area contributed by atoms with E-state index in [1.54, 1.807) is 12.1 Å². The van der Waals surface area contributed by atoms with Crippen LogP contribution in [0.25, 0.3) is 6.08 Å². The van der Waals surface area contributed by atoms with Crippen LogP contribution >= 0.6 is 0 Å². The molecule has 156 valence electrons. The fourth-order valence-corrected chi connectivity index (χ4v) is 2.36. The van der Waals surface area contributed by atoms with Crippen molar-refractivity contribution >= 4 is 29.8 Å². The van der Waals surface area contributed by atoms with Gasteiger partial charge in [-0.05, 0) is 29.8 Å². The van der Waals surface area contributed by atoms with Gasteiger partial charge in [0.25, 0.3) is 17.5 Å². The number of nitro groups is 1. The summed E-state index contributed by atoms with van der Waals surface area (Å²) in [6.07, 6.45) is 3.61. The quantitative estimate of drug-likeness (QED) is 0.196. The number of hydrogen-bond acceptors (Lipinski definition) is 8. The van der Waals surface area contributed by atoms with E-state index in [9.17, 15) is 19.7 Å². The molecule has 2 rings (SSSR count). The summed E-state index contributed by atoms with van der Waals surface area (Å²) in [6.45, 7) is 0. The molecule has 0 unspecified atom stereocenters. The summed E-state index contributed by atoms with van der Waals surface area (Å²) < 4.78 is 10.2. The second kappa shape index (κ2) is 10.3. The Morgan fingerprint density at radius 3 is 2.50 bits per heavy atom. The van der Waals surface area contributed by atoms with Crippen LogP contribution in [0.15, 0.2) is 47.6 Å². The molecule has 2 aromatic carbocycles. The molecule has 11 heteroatoms. The zero-order valence-electron chi connectivity index (χ0n) is 16.0. The molecule has 2 amide bonds. The van der Waals surface area contributed by atoms with Crippen molar-refractivity contribution in [2.45, 2.75) is 0 Å². The lowest BCUT2D eigenvalue weighted by Crippen LogP contribution is -2.17. The van der Waals surface area contributed by atoms with Crippen LogP contribution < -0.4 is 20.4 Å². The fraction of sp³-hybridized carbons (Fsp3) is 0.105. The fourth-order valence-electron chi connectivity index (χ4n) is 2.36. The molecule has 0 radical (unpaired) electrons. The summed E-state index contributed by atoms with van der Waals surface area (Å²) in [6, 6.07) is 8.81. The van der Waals surface area contributed by atoms with E-state index in [1.165, 1.54) is 50.0 Å². The summed E-state index contributed by atoms with van der Waals surface area (Å²) in [5.41, 5.74) is 4.32. The summed E-state index contributed by atoms with van der Waals surface area (Å²) in [4.78, 5) is 34.0. The van der Waals surface area contributed by atoms with Crippen LogP contribution in [-0.2, 0) is 4.79 Å². The van der Waals surface area contributed by atoms with E-state index in [2.05, 4.69) is 10.5 Å². The number of nitrogens with one attached hydrogen (secondary N) is 2. The Labute approximate surface area is 170 Å². The van der Waals surface area contributed by atoms with Gasteiger partial charge < -0.3 is 9.47 Å². The Bertz CT molecular complexity index is 1020. The third-order valence-electron chi connectivity index (χ3n) is 3.79. The number of hydrogen-bond donors (Lipinski definition) is 3. The molecule has 0 aliphatic carbocycles. The maximum absolute atomic E-state index is 12.3. The minimum atomic E-state index is -0.717. The molecule has 0 aromatic heterocycles. The van der Waals surface area contributed by atoms with Crippen molar-refractivity contribution < 1.29 is 29.2 Å². The maximum Gasteiger partial charge on any atom is 0.282 e. The number of rotatable bonds is 8. The van der Waals surface area contributed by atoms with Crippen LogP contribution in [-0.4, -0.2) is 42.4 Å². The zero-order chi connectivity index (χ0) is 22.1. The smallest absolute Gasteiger partial charge is 0.282 e. The van der Waals surface area contributed by atoms with Gasteiger partial charge in [-0.15, -0.1) is 0 Å². The number of ether oxygens (including phenoxy) is 2. The van der Waals surface area contributed by atoms with Crippen molar-refractivity contribution in [1.82, 2.24) is 10.9 Å². The first-order valence-corrected chi connectivity index (χ1v) is 8.35. The molecule has 0 bridgehead atoms. The molecule has 30 heavy (non-hydrogen) atoms. The molecule has 0 saturated heterocycles. The van der Waals surface area contributed by atoms with Gasteiger partial charge in [0, 0.05) is 11.6 Å². The largest absolute Gasteiger partial charge is 0.493 e. The number of carbonyl (C=O) groups excluding carboxylic acids is 2. The van der Waals surface area contributed by atoms with Gasteiger partial charge in [0.1, 0.15) is 0 Å². The maximum atomic E-state index is 12.3. The van der Waals surface area contributed by atoms with Crippen LogP contribution in [0.2, 0.25) is 0 Å². The summed E-state index contributed by atoms with van der Waals surface area (Å²) >= 11 is 0. The van der Waals surface area contributed by atoms with E-state index in [4.69, 9.17) is 14.7 Å². The van der Waals surface area contributed by atoms with Crippen LogP contribution in [0.3, 0.4) is 0 Å². The predicted octanol–water partition coefficient (Wildman–Crippen LogP) is 1.89. The lowest BCUT2D eigenvalue weighted by Gasteiger charge is -2.08. The Kier molecular flexibility index (Phi) is 7.60. The van der Waals surface area contributed by atoms with Crippen molar-refractivity contribution in [2.24, 2.45) is 5.10 Å². The average molecular weight is 414 g/mol. The molecule has 0 saturated carbocycles. The first-order valence-electron chi connectivity index (χ1n) is 8.35. The van der Waals surface area contributed by atoms with Gasteiger partial charge in [0.05, 0.1) is 37.0 Å². The molecule has 2 aromatic rings. The Hall–Kier alpha value is -4.25. The molecule has 0 spiro atoms. The van der Waals surface area contributed by atoms with Crippen LogP contribution in [0.1, 0.15) is 21.5 Å². The Balaban J connectivity index is 2.19. The van der Waals surface area contributed by atoms with E-state index < -0.39 is 16.7 Å². The van der Waals surface area contributed by atoms with Crippen LogP contribution in [0.5, 0.6) is 11.5 Å². The number of hydrazone groups is 1. The minimum Gasteiger partial charge on any atom is -0.493 e. The lowest BCUT2D eigenvalue weighted by atomic mass is 10.1. The highest BCUT2D eigenvalue weighted by Crippen LogP contribution is 2.33. The van der Waals surface area contributed by atoms with Crippen molar-refractivity contribution in [3.63, 3.8) is 0 Å². The van der Waals surface area contributed by atoms with Gasteiger partial charge in [0.15, 0.2) is 11.5 Å². The second-order valence-electron chi connectivity index (χ2n) is 5.66. The van der Waals surface area contributed by atoms with Crippen LogP contribution in [0, 0.1) is 10.1 Å². The predicted molar refractivity (Wildman–Crippen MR) is 107 cm³/mol. The molecule has 0 aliphatic rings. The second-order valence-corrected chi connectivity index (χ2v) is 5.66. The highest BCUT2D eigenvalue weighted by atomic mass is 16.6. The topological polar surface area (TPSA) is 152 Å². The highest BCUT2D eigenvalue weighted by molar-refractivity contribution is 5.96. The van der Waals surface area contributed by atoms with E-state index in [1.807, 2.05) is 0 Å². The summed E-state index contributed by atoms with van der Waals surface area (Å²) in [5.74, 6) is -0.838. The standard InChI is InChI=1S/C19H18N4O7/c1-29-16-9-14(15(23(27)28)10-17(16)30-2)11-20-21-19(25)13-5-3-4-12(8-13)6-7-18(24)22-26/h3-11,26H,1-2H3,(H,21,25)(H,22,24)/b7-6+,20-11+. The van der Waals surface area contributed by atoms with Gasteiger partial charge in [-0.1, -0.05) is 12.1 Å². The van der Waals surface area contributed by atoms with Crippen LogP contribution in [0.4, 0.5) is 5.69 Å².